The minimum atomic E-state index is -0.0444. The topological polar surface area (TPSA) is 71.5 Å². The number of aryl methyl sites for hydroxylation is 1. The Kier molecular flexibility index (Phi) is 7.17. The van der Waals surface area contributed by atoms with Crippen molar-refractivity contribution in [3.05, 3.63) is 40.9 Å². The summed E-state index contributed by atoms with van der Waals surface area (Å²) < 4.78 is 4.97. The average molecular weight is 402 g/mol. The van der Waals surface area contributed by atoms with Crippen molar-refractivity contribution in [3.8, 4) is 10.6 Å². The van der Waals surface area contributed by atoms with Gasteiger partial charge in [-0.25, -0.2) is 4.98 Å². The number of hydrogen-bond acceptors (Lipinski definition) is 5. The summed E-state index contributed by atoms with van der Waals surface area (Å²) >= 11 is 1.45. The van der Waals surface area contributed by atoms with Crippen molar-refractivity contribution >= 4 is 23.2 Å². The standard InChI is InChI=1S/C21H27N3O3S/c1-15-18(28-20(23-15)17-7-4-3-5-8-17)21(26)24-12-6-9-16(10-13-24)19(25)22-11-14-27-2/h3-5,7-8,16H,6,9-14H2,1-2H3,(H,22,25). The normalized spacial score (nSPS) is 17.2. The fourth-order valence-electron chi connectivity index (χ4n) is 3.42. The molecule has 0 spiro atoms. The summed E-state index contributed by atoms with van der Waals surface area (Å²) in [5, 5.41) is 3.78. The molecule has 1 N–H and O–H groups in total. The van der Waals surface area contributed by atoms with Crippen molar-refractivity contribution in [3.63, 3.8) is 0 Å². The van der Waals surface area contributed by atoms with Crippen LogP contribution in [-0.4, -0.2) is 55.0 Å². The number of amides is 2. The molecular formula is C21H27N3O3S. The first kappa shape index (κ1) is 20.5. The van der Waals surface area contributed by atoms with E-state index < -0.39 is 0 Å². The number of nitrogens with zero attached hydrogens (tertiary/aromatic N) is 2. The maximum absolute atomic E-state index is 13.1. The van der Waals surface area contributed by atoms with Crippen LogP contribution in [0, 0.1) is 12.8 Å². The molecule has 2 amide bonds. The van der Waals surface area contributed by atoms with Gasteiger partial charge in [-0.15, -0.1) is 11.3 Å². The van der Waals surface area contributed by atoms with Crippen LogP contribution in [0.5, 0.6) is 0 Å². The predicted molar refractivity (Wildman–Crippen MR) is 110 cm³/mol. The van der Waals surface area contributed by atoms with Crippen LogP contribution in [0.25, 0.3) is 10.6 Å². The smallest absolute Gasteiger partial charge is 0.265 e. The molecule has 3 rings (SSSR count). The number of hydrogen-bond donors (Lipinski definition) is 1. The van der Waals surface area contributed by atoms with E-state index in [-0.39, 0.29) is 17.7 Å². The SMILES string of the molecule is COCCNC(=O)C1CCCN(C(=O)c2sc(-c3ccccc3)nc2C)CC1. The fraction of sp³-hybridized carbons (Fsp3) is 0.476. The van der Waals surface area contributed by atoms with Crippen LogP contribution in [0.3, 0.4) is 0 Å². The first-order chi connectivity index (χ1) is 13.6. The van der Waals surface area contributed by atoms with Gasteiger partial charge in [-0.2, -0.15) is 0 Å². The van der Waals surface area contributed by atoms with Gasteiger partial charge in [0.05, 0.1) is 12.3 Å². The molecule has 1 aliphatic rings. The first-order valence-electron chi connectivity index (χ1n) is 9.69. The van der Waals surface area contributed by atoms with Crippen LogP contribution in [-0.2, 0) is 9.53 Å². The van der Waals surface area contributed by atoms with Crippen LogP contribution < -0.4 is 5.32 Å². The Morgan fingerprint density at radius 3 is 2.79 bits per heavy atom. The maximum atomic E-state index is 13.1. The minimum Gasteiger partial charge on any atom is -0.383 e. The Labute approximate surface area is 169 Å². The quantitative estimate of drug-likeness (QED) is 0.755. The van der Waals surface area contributed by atoms with Crippen molar-refractivity contribution in [2.24, 2.45) is 5.92 Å². The molecule has 7 heteroatoms. The number of carbonyl (C=O) groups is 2. The second-order valence-electron chi connectivity index (χ2n) is 7.00. The lowest BCUT2D eigenvalue weighted by molar-refractivity contribution is -0.125. The molecule has 0 bridgehead atoms. The van der Waals surface area contributed by atoms with Crippen LogP contribution in [0.15, 0.2) is 30.3 Å². The zero-order valence-electron chi connectivity index (χ0n) is 16.4. The number of methoxy groups -OCH3 is 1. The molecule has 1 aromatic carbocycles. The third-order valence-electron chi connectivity index (χ3n) is 5.00. The Hall–Kier alpha value is -2.25. The molecule has 1 aromatic heterocycles. The van der Waals surface area contributed by atoms with Crippen molar-refractivity contribution in [2.75, 3.05) is 33.4 Å². The summed E-state index contributed by atoms with van der Waals surface area (Å²) in [5.74, 6) is 0.0430. The number of ether oxygens (including phenoxy) is 1. The second kappa shape index (κ2) is 9.80. The molecule has 1 fully saturated rings. The van der Waals surface area contributed by atoms with Gasteiger partial charge in [0.2, 0.25) is 5.91 Å². The predicted octanol–water partition coefficient (Wildman–Crippen LogP) is 3.12. The highest BCUT2D eigenvalue weighted by Crippen LogP contribution is 2.29. The summed E-state index contributed by atoms with van der Waals surface area (Å²) in [6, 6.07) is 9.92. The van der Waals surface area contributed by atoms with Gasteiger partial charge in [-0.3, -0.25) is 9.59 Å². The zero-order chi connectivity index (χ0) is 19.9. The van der Waals surface area contributed by atoms with E-state index in [1.807, 2.05) is 42.2 Å². The van der Waals surface area contributed by atoms with Crippen molar-refractivity contribution < 1.29 is 14.3 Å². The number of rotatable bonds is 6. The Morgan fingerprint density at radius 2 is 2.04 bits per heavy atom. The van der Waals surface area contributed by atoms with E-state index in [2.05, 4.69) is 10.3 Å². The molecule has 2 heterocycles. The van der Waals surface area contributed by atoms with Gasteiger partial charge < -0.3 is 15.0 Å². The third kappa shape index (κ3) is 4.97. The van der Waals surface area contributed by atoms with E-state index in [0.29, 0.717) is 37.5 Å². The van der Waals surface area contributed by atoms with E-state index in [1.165, 1.54) is 11.3 Å². The molecule has 1 unspecified atom stereocenters. The number of likely N-dealkylation sites (tertiary alicyclic amines) is 1. The summed E-state index contributed by atoms with van der Waals surface area (Å²) in [4.78, 5) is 32.6. The van der Waals surface area contributed by atoms with Gasteiger partial charge in [0, 0.05) is 38.2 Å². The Bertz CT molecular complexity index is 806. The van der Waals surface area contributed by atoms with Gasteiger partial charge in [0.25, 0.3) is 5.91 Å². The van der Waals surface area contributed by atoms with Gasteiger partial charge in [0.1, 0.15) is 9.88 Å². The highest BCUT2D eigenvalue weighted by Gasteiger charge is 2.27. The lowest BCUT2D eigenvalue weighted by Gasteiger charge is -2.20. The summed E-state index contributed by atoms with van der Waals surface area (Å²) in [5.41, 5.74) is 1.80. The lowest BCUT2D eigenvalue weighted by atomic mass is 10.00. The van der Waals surface area contributed by atoms with Crippen LogP contribution in [0.4, 0.5) is 0 Å². The first-order valence-corrected chi connectivity index (χ1v) is 10.5. The van der Waals surface area contributed by atoms with Crippen LogP contribution in [0.2, 0.25) is 0 Å². The van der Waals surface area contributed by atoms with E-state index in [4.69, 9.17) is 4.74 Å². The summed E-state index contributed by atoms with van der Waals surface area (Å²) in [7, 11) is 1.62. The molecule has 28 heavy (non-hydrogen) atoms. The Balaban J connectivity index is 1.64. The third-order valence-corrected chi connectivity index (χ3v) is 6.20. The van der Waals surface area contributed by atoms with Gasteiger partial charge in [-0.05, 0) is 26.2 Å². The van der Waals surface area contributed by atoms with E-state index in [9.17, 15) is 9.59 Å². The maximum Gasteiger partial charge on any atom is 0.265 e. The molecule has 1 saturated heterocycles. The average Bonchev–Trinajstić information content (AvgIpc) is 2.94. The van der Waals surface area contributed by atoms with Crippen LogP contribution in [0.1, 0.15) is 34.6 Å². The second-order valence-corrected chi connectivity index (χ2v) is 8.00. The van der Waals surface area contributed by atoms with Crippen molar-refractivity contribution in [2.45, 2.75) is 26.2 Å². The number of nitrogens with one attached hydrogen (secondary N) is 1. The molecule has 2 aromatic rings. The monoisotopic (exact) mass is 401 g/mol. The number of carbonyl (C=O) groups excluding carboxylic acids is 2. The van der Waals surface area contributed by atoms with Crippen molar-refractivity contribution in [1.82, 2.24) is 15.2 Å². The minimum absolute atomic E-state index is 0.0256. The molecule has 1 aliphatic heterocycles. The van der Waals surface area contributed by atoms with Gasteiger partial charge in [-0.1, -0.05) is 30.3 Å². The number of aromatic nitrogens is 1. The molecule has 1 atom stereocenters. The largest absolute Gasteiger partial charge is 0.383 e. The number of thiazole rings is 1. The molecular weight excluding hydrogens is 374 g/mol. The summed E-state index contributed by atoms with van der Waals surface area (Å²) in [6.45, 7) is 4.20. The van der Waals surface area contributed by atoms with E-state index >= 15 is 0 Å². The van der Waals surface area contributed by atoms with Crippen LogP contribution >= 0.6 is 11.3 Å². The highest BCUT2D eigenvalue weighted by atomic mass is 32.1. The molecule has 0 aliphatic carbocycles. The number of benzene rings is 1. The zero-order valence-corrected chi connectivity index (χ0v) is 17.3. The Morgan fingerprint density at radius 1 is 1.25 bits per heavy atom. The molecule has 150 valence electrons. The van der Waals surface area contributed by atoms with Gasteiger partial charge in [0.15, 0.2) is 0 Å². The van der Waals surface area contributed by atoms with E-state index in [1.54, 1.807) is 7.11 Å². The van der Waals surface area contributed by atoms with Crippen molar-refractivity contribution in [1.29, 1.82) is 0 Å². The fourth-order valence-corrected chi connectivity index (χ4v) is 4.46. The van der Waals surface area contributed by atoms with E-state index in [0.717, 1.165) is 29.1 Å². The lowest BCUT2D eigenvalue weighted by Crippen LogP contribution is -2.35. The molecule has 0 saturated carbocycles. The summed E-state index contributed by atoms with van der Waals surface area (Å²) in [6.07, 6.45) is 2.32. The molecule has 0 radical (unpaired) electrons. The highest BCUT2D eigenvalue weighted by molar-refractivity contribution is 7.17. The molecule has 6 nitrogen and oxygen atoms in total. The van der Waals surface area contributed by atoms with Gasteiger partial charge >= 0.3 is 0 Å².